The summed E-state index contributed by atoms with van der Waals surface area (Å²) in [6.45, 7) is 7.64. The van der Waals surface area contributed by atoms with Gasteiger partial charge in [0.05, 0.1) is 18.8 Å². The standard InChI is InChI=1S/C22H22ClNO3.C14H9ClO2.C8H13NO3.H2/c1-2-26-22(25)24-11-9-15(10-12-24)21-18-8-7-17(23)13-16(18)14-27-20-6-4-3-5-19(20)21;15-10-5-6-11-9(7-10)8-17-13-4-2-1-3-12(13)14(11)16;1-2-12-8(11)9-5-3-7(10)4-6-9;/h3-8,13H,2,9-12,14H2,1H3;1-7H,8H2;2-6H2,1H3;1H. The molecule has 4 aliphatic heterocycles. The van der Waals surface area contributed by atoms with Crippen LogP contribution in [0.25, 0.3) is 5.57 Å². The Hall–Kier alpha value is -5.32. The number of likely N-dealkylation sites (tertiary alicyclic amines) is 2. The molecule has 0 aromatic heterocycles. The molecular formula is C44H46Cl2N2O8. The maximum atomic E-state index is 12.3. The molecule has 0 spiro atoms. The van der Waals surface area contributed by atoms with E-state index >= 15 is 0 Å². The van der Waals surface area contributed by atoms with Gasteiger partial charge in [0.1, 0.15) is 30.5 Å². The molecule has 4 aromatic rings. The Morgan fingerprint density at radius 3 is 1.64 bits per heavy atom. The summed E-state index contributed by atoms with van der Waals surface area (Å²) in [5.41, 5.74) is 8.04. The number of halogens is 2. The monoisotopic (exact) mass is 800 g/mol. The number of benzene rings is 4. The molecule has 4 aliphatic rings. The molecule has 0 aliphatic carbocycles. The lowest BCUT2D eigenvalue weighted by Crippen LogP contribution is -2.38. The molecule has 0 unspecified atom stereocenters. The Morgan fingerprint density at radius 2 is 1.09 bits per heavy atom. The summed E-state index contributed by atoms with van der Waals surface area (Å²) in [6, 6.07) is 26.7. The molecule has 0 radical (unpaired) electrons. The smallest absolute Gasteiger partial charge is 0.409 e. The highest BCUT2D eigenvalue weighted by Gasteiger charge is 2.27. The van der Waals surface area contributed by atoms with E-state index in [4.69, 9.17) is 42.1 Å². The Labute approximate surface area is 338 Å². The Kier molecular flexibility index (Phi) is 13.7. The fourth-order valence-electron chi connectivity index (χ4n) is 6.97. The molecule has 4 heterocycles. The van der Waals surface area contributed by atoms with Gasteiger partial charge in [-0.1, -0.05) is 65.2 Å². The van der Waals surface area contributed by atoms with Gasteiger partial charge in [-0.25, -0.2) is 9.59 Å². The van der Waals surface area contributed by atoms with Gasteiger partial charge in [0, 0.05) is 67.2 Å². The predicted octanol–water partition coefficient (Wildman–Crippen LogP) is 9.80. The highest BCUT2D eigenvalue weighted by Crippen LogP contribution is 2.41. The Bertz CT molecular complexity index is 2120. The number of ether oxygens (including phenoxy) is 4. The normalized spacial score (nSPS) is 15.6. The minimum absolute atomic E-state index is 0. The van der Waals surface area contributed by atoms with E-state index in [0.717, 1.165) is 35.3 Å². The van der Waals surface area contributed by atoms with Crippen molar-refractivity contribution in [2.24, 2.45) is 0 Å². The van der Waals surface area contributed by atoms with Crippen LogP contribution >= 0.6 is 23.2 Å². The fraction of sp³-hybridized carbons (Fsp3) is 0.318. The number of hydrogen-bond donors (Lipinski definition) is 0. The Balaban J connectivity index is 0.000000177. The molecule has 12 heteroatoms. The SMILES string of the molecule is CCOC(=O)N1CCC(=C2c3ccc(Cl)cc3COc3ccccc32)CC1.CCOC(=O)N1CCC(=O)CC1.O=C1c2ccc(Cl)cc2COc2ccccc21.[HH]. The number of rotatable bonds is 2. The maximum Gasteiger partial charge on any atom is 0.409 e. The van der Waals surface area contributed by atoms with Gasteiger partial charge in [0.2, 0.25) is 0 Å². The maximum absolute atomic E-state index is 12.3. The van der Waals surface area contributed by atoms with Crippen molar-refractivity contribution in [3.8, 4) is 11.5 Å². The van der Waals surface area contributed by atoms with Gasteiger partial charge in [-0.3, -0.25) is 9.59 Å². The third-order valence-corrected chi connectivity index (χ3v) is 10.3. The predicted molar refractivity (Wildman–Crippen MR) is 217 cm³/mol. The van der Waals surface area contributed by atoms with E-state index in [0.29, 0.717) is 92.4 Å². The van der Waals surface area contributed by atoms with Crippen LogP contribution in [0.2, 0.25) is 10.0 Å². The number of amides is 2. The zero-order valence-corrected chi connectivity index (χ0v) is 33.0. The van der Waals surface area contributed by atoms with Crippen LogP contribution in [0.1, 0.15) is 79.1 Å². The van der Waals surface area contributed by atoms with Crippen LogP contribution in [0.5, 0.6) is 11.5 Å². The van der Waals surface area contributed by atoms with Gasteiger partial charge in [-0.05, 0) is 91.9 Å². The van der Waals surface area contributed by atoms with E-state index < -0.39 is 0 Å². The van der Waals surface area contributed by atoms with E-state index in [-0.39, 0.29) is 25.2 Å². The summed E-state index contributed by atoms with van der Waals surface area (Å²) in [5, 5.41) is 1.33. The number of Topliss-reactive ketones (excluding diaryl/α,β-unsaturated/α-hetero) is 1. The molecule has 8 rings (SSSR count). The number of para-hydroxylation sites is 2. The van der Waals surface area contributed by atoms with Crippen molar-refractivity contribution >= 4 is 52.5 Å². The molecule has 2 amide bonds. The first-order chi connectivity index (χ1) is 27.2. The zero-order valence-electron chi connectivity index (χ0n) is 31.5. The van der Waals surface area contributed by atoms with Gasteiger partial charge in [-0.15, -0.1) is 0 Å². The first-order valence-corrected chi connectivity index (χ1v) is 19.6. The van der Waals surface area contributed by atoms with E-state index in [1.165, 1.54) is 16.7 Å². The highest BCUT2D eigenvalue weighted by molar-refractivity contribution is 6.31. The highest BCUT2D eigenvalue weighted by atomic mass is 35.5. The number of carbonyl (C=O) groups excluding carboxylic acids is 4. The average molecular weight is 802 g/mol. The lowest BCUT2D eigenvalue weighted by atomic mass is 9.86. The first-order valence-electron chi connectivity index (χ1n) is 18.8. The van der Waals surface area contributed by atoms with Crippen LogP contribution in [-0.2, 0) is 27.5 Å². The van der Waals surface area contributed by atoms with Crippen LogP contribution in [-0.4, -0.2) is 72.9 Å². The van der Waals surface area contributed by atoms with E-state index in [2.05, 4.69) is 12.1 Å². The number of carbonyl (C=O) groups is 4. The fourth-order valence-corrected chi connectivity index (χ4v) is 7.36. The van der Waals surface area contributed by atoms with Gasteiger partial charge in [0.15, 0.2) is 5.78 Å². The van der Waals surface area contributed by atoms with Crippen LogP contribution in [0.4, 0.5) is 9.59 Å². The molecule has 2 saturated heterocycles. The van der Waals surface area contributed by atoms with Crippen molar-refractivity contribution in [2.75, 3.05) is 39.4 Å². The summed E-state index contributed by atoms with van der Waals surface area (Å²) in [5.74, 6) is 1.74. The molecule has 10 nitrogen and oxygen atoms in total. The summed E-state index contributed by atoms with van der Waals surface area (Å²) < 4.78 is 21.6. The summed E-state index contributed by atoms with van der Waals surface area (Å²) in [7, 11) is 0. The van der Waals surface area contributed by atoms with Crippen LogP contribution in [0.3, 0.4) is 0 Å². The van der Waals surface area contributed by atoms with Gasteiger partial charge in [0.25, 0.3) is 0 Å². The molecule has 0 N–H and O–H groups in total. The molecule has 56 heavy (non-hydrogen) atoms. The van der Waals surface area contributed by atoms with Gasteiger partial charge >= 0.3 is 12.2 Å². The number of piperidine rings is 2. The van der Waals surface area contributed by atoms with Gasteiger partial charge in [-0.2, -0.15) is 0 Å². The molecule has 4 aromatic carbocycles. The van der Waals surface area contributed by atoms with Crippen LogP contribution in [0.15, 0.2) is 90.5 Å². The van der Waals surface area contributed by atoms with Gasteiger partial charge < -0.3 is 28.7 Å². The summed E-state index contributed by atoms with van der Waals surface area (Å²) in [6.07, 6.45) is 2.07. The quantitative estimate of drug-likeness (QED) is 0.197. The van der Waals surface area contributed by atoms with Crippen molar-refractivity contribution in [3.05, 3.63) is 134 Å². The first kappa shape index (κ1) is 40.3. The van der Waals surface area contributed by atoms with Crippen molar-refractivity contribution in [1.29, 1.82) is 0 Å². The topological polar surface area (TPSA) is 112 Å². The van der Waals surface area contributed by atoms with Crippen molar-refractivity contribution in [3.63, 3.8) is 0 Å². The van der Waals surface area contributed by atoms with E-state index in [1.807, 2.05) is 49.4 Å². The van der Waals surface area contributed by atoms with Crippen molar-refractivity contribution in [1.82, 2.24) is 9.80 Å². The second-order valence-electron chi connectivity index (χ2n) is 13.4. The number of hydrogen-bond acceptors (Lipinski definition) is 8. The molecule has 0 bridgehead atoms. The zero-order chi connectivity index (χ0) is 39.6. The summed E-state index contributed by atoms with van der Waals surface area (Å²) in [4.78, 5) is 49.6. The second kappa shape index (κ2) is 19.0. The molecule has 0 atom stereocenters. The lowest BCUT2D eigenvalue weighted by Gasteiger charge is -2.29. The second-order valence-corrected chi connectivity index (χ2v) is 14.3. The lowest BCUT2D eigenvalue weighted by molar-refractivity contribution is -0.121. The summed E-state index contributed by atoms with van der Waals surface area (Å²) >= 11 is 12.2. The molecule has 2 fully saturated rings. The molecule has 294 valence electrons. The Morgan fingerprint density at radius 1 is 0.625 bits per heavy atom. The largest absolute Gasteiger partial charge is 0.488 e. The van der Waals surface area contributed by atoms with E-state index in [9.17, 15) is 19.2 Å². The van der Waals surface area contributed by atoms with E-state index in [1.54, 1.807) is 47.1 Å². The minimum Gasteiger partial charge on any atom is -0.488 e. The third kappa shape index (κ3) is 9.72. The molecule has 0 saturated carbocycles. The van der Waals surface area contributed by atoms with Crippen molar-refractivity contribution < 1.29 is 39.6 Å². The third-order valence-electron chi connectivity index (χ3n) is 9.80. The number of ketones is 2. The van der Waals surface area contributed by atoms with Crippen molar-refractivity contribution in [2.45, 2.75) is 52.7 Å². The average Bonchev–Trinajstić information content (AvgIpc) is 3.46. The number of nitrogens with zero attached hydrogens (tertiary/aromatic N) is 2. The number of fused-ring (bicyclic) bond motifs is 4. The van der Waals surface area contributed by atoms with Crippen LogP contribution < -0.4 is 9.47 Å². The molecular weight excluding hydrogens is 755 g/mol. The minimum atomic E-state index is -0.301. The van der Waals surface area contributed by atoms with Crippen LogP contribution in [0, 0.1) is 0 Å².